The summed E-state index contributed by atoms with van der Waals surface area (Å²) in [6.07, 6.45) is 5.32. The van der Waals surface area contributed by atoms with Crippen LogP contribution in [-0.4, -0.2) is 6.54 Å². The largest absolute Gasteiger partial charge is 0.330 e. The summed E-state index contributed by atoms with van der Waals surface area (Å²) in [7, 11) is 0. The van der Waals surface area contributed by atoms with Gasteiger partial charge >= 0.3 is 0 Å². The molecule has 0 saturated carbocycles. The zero-order valence-corrected chi connectivity index (χ0v) is 8.18. The van der Waals surface area contributed by atoms with Gasteiger partial charge in [0.25, 0.3) is 0 Å². The maximum Gasteiger partial charge on any atom is 0.00918 e. The monoisotopic (exact) mass is 181 g/mol. The highest BCUT2D eigenvalue weighted by Crippen LogP contribution is 2.23. The van der Waals surface area contributed by atoms with Crippen LogP contribution >= 0.6 is 11.3 Å². The minimum absolute atomic E-state index is 0.515. The van der Waals surface area contributed by atoms with E-state index in [0.717, 1.165) is 13.0 Å². The molecule has 0 aliphatic carbocycles. The molecule has 1 nitrogen and oxygen atoms in total. The first-order chi connectivity index (χ1) is 5.88. The van der Waals surface area contributed by atoms with Gasteiger partial charge in [0, 0.05) is 17.3 Å². The lowest BCUT2D eigenvalue weighted by Crippen LogP contribution is -2.10. The van der Waals surface area contributed by atoms with Crippen molar-refractivity contribution in [1.29, 1.82) is 0 Å². The van der Waals surface area contributed by atoms with Gasteiger partial charge in [-0.1, -0.05) is 18.2 Å². The minimum atomic E-state index is 0.515. The van der Waals surface area contributed by atoms with Crippen molar-refractivity contribution in [3.8, 4) is 0 Å². The van der Waals surface area contributed by atoms with Gasteiger partial charge < -0.3 is 5.73 Å². The van der Waals surface area contributed by atoms with Crippen LogP contribution in [0.3, 0.4) is 0 Å². The van der Waals surface area contributed by atoms with Gasteiger partial charge in [-0.3, -0.25) is 0 Å². The molecule has 0 amide bonds. The first-order valence-electron chi connectivity index (χ1n) is 4.23. The van der Waals surface area contributed by atoms with Crippen molar-refractivity contribution in [2.45, 2.75) is 19.3 Å². The van der Waals surface area contributed by atoms with Crippen molar-refractivity contribution in [2.24, 2.45) is 5.73 Å². The average Bonchev–Trinajstić information content (AvgIpc) is 2.59. The summed E-state index contributed by atoms with van der Waals surface area (Å²) in [6, 6.07) is 4.24. The molecule has 0 aliphatic rings. The van der Waals surface area contributed by atoms with Crippen LogP contribution < -0.4 is 5.73 Å². The zero-order valence-electron chi connectivity index (χ0n) is 7.36. The van der Waals surface area contributed by atoms with E-state index in [-0.39, 0.29) is 0 Å². The SMILES string of the molecule is CC=CCC(CN)c1cccs1. The van der Waals surface area contributed by atoms with Crippen LogP contribution in [0.5, 0.6) is 0 Å². The van der Waals surface area contributed by atoms with E-state index in [1.807, 2.05) is 6.92 Å². The van der Waals surface area contributed by atoms with Gasteiger partial charge in [0.1, 0.15) is 0 Å². The molecule has 1 atom stereocenters. The molecular formula is C10H15NS. The van der Waals surface area contributed by atoms with Gasteiger partial charge in [0.15, 0.2) is 0 Å². The second-order valence-electron chi connectivity index (χ2n) is 2.75. The highest BCUT2D eigenvalue weighted by molar-refractivity contribution is 7.10. The van der Waals surface area contributed by atoms with Gasteiger partial charge in [-0.25, -0.2) is 0 Å². The molecule has 0 aromatic carbocycles. The van der Waals surface area contributed by atoms with Crippen LogP contribution in [0.2, 0.25) is 0 Å². The molecular weight excluding hydrogens is 166 g/mol. The number of hydrogen-bond acceptors (Lipinski definition) is 2. The number of hydrogen-bond donors (Lipinski definition) is 1. The molecule has 1 unspecified atom stereocenters. The number of allylic oxidation sites excluding steroid dienone is 2. The molecule has 1 heterocycles. The maximum atomic E-state index is 5.68. The standard InChI is InChI=1S/C10H15NS/c1-2-3-5-9(8-11)10-6-4-7-12-10/h2-4,6-7,9H,5,8,11H2,1H3. The van der Waals surface area contributed by atoms with E-state index in [2.05, 4.69) is 29.7 Å². The third-order valence-electron chi connectivity index (χ3n) is 1.89. The van der Waals surface area contributed by atoms with Crippen molar-refractivity contribution in [1.82, 2.24) is 0 Å². The Bertz CT molecular complexity index is 226. The van der Waals surface area contributed by atoms with Gasteiger partial charge in [0.2, 0.25) is 0 Å². The van der Waals surface area contributed by atoms with Crippen molar-refractivity contribution >= 4 is 11.3 Å². The Hall–Kier alpha value is -0.600. The fourth-order valence-electron chi connectivity index (χ4n) is 1.15. The summed E-state index contributed by atoms with van der Waals surface area (Å²) in [6.45, 7) is 2.78. The summed E-state index contributed by atoms with van der Waals surface area (Å²) < 4.78 is 0. The Kier molecular flexibility index (Phi) is 4.05. The molecule has 0 spiro atoms. The van der Waals surface area contributed by atoms with Crippen molar-refractivity contribution in [3.63, 3.8) is 0 Å². The van der Waals surface area contributed by atoms with E-state index in [1.54, 1.807) is 11.3 Å². The first kappa shape index (κ1) is 9.49. The normalized spacial score (nSPS) is 13.8. The highest BCUT2D eigenvalue weighted by atomic mass is 32.1. The lowest BCUT2D eigenvalue weighted by molar-refractivity contribution is 0.723. The smallest absolute Gasteiger partial charge is 0.00918 e. The van der Waals surface area contributed by atoms with Crippen LogP contribution in [0.25, 0.3) is 0 Å². The van der Waals surface area contributed by atoms with Crippen LogP contribution in [0, 0.1) is 0 Å². The zero-order chi connectivity index (χ0) is 8.81. The molecule has 0 saturated heterocycles. The van der Waals surface area contributed by atoms with Crippen LogP contribution in [0.15, 0.2) is 29.7 Å². The Balaban J connectivity index is 2.57. The van der Waals surface area contributed by atoms with E-state index in [4.69, 9.17) is 5.73 Å². The molecule has 2 N–H and O–H groups in total. The molecule has 0 aliphatic heterocycles. The van der Waals surface area contributed by atoms with E-state index >= 15 is 0 Å². The van der Waals surface area contributed by atoms with Gasteiger partial charge in [-0.15, -0.1) is 11.3 Å². The lowest BCUT2D eigenvalue weighted by atomic mass is 10.0. The third-order valence-corrected chi connectivity index (χ3v) is 2.92. The van der Waals surface area contributed by atoms with Gasteiger partial charge in [0.05, 0.1) is 0 Å². The Morgan fingerprint density at radius 1 is 1.67 bits per heavy atom. The summed E-state index contributed by atoms with van der Waals surface area (Å²) in [4.78, 5) is 1.40. The second-order valence-corrected chi connectivity index (χ2v) is 3.73. The fourth-order valence-corrected chi connectivity index (χ4v) is 2.01. The number of nitrogens with two attached hydrogens (primary N) is 1. The lowest BCUT2D eigenvalue weighted by Gasteiger charge is -2.08. The predicted molar refractivity (Wildman–Crippen MR) is 55.5 cm³/mol. The Labute approximate surface area is 77.9 Å². The predicted octanol–water partition coefficient (Wildman–Crippen LogP) is 2.76. The quantitative estimate of drug-likeness (QED) is 0.710. The molecule has 0 fully saturated rings. The van der Waals surface area contributed by atoms with Gasteiger partial charge in [-0.2, -0.15) is 0 Å². The minimum Gasteiger partial charge on any atom is -0.330 e. The van der Waals surface area contributed by atoms with Crippen LogP contribution in [0.4, 0.5) is 0 Å². The molecule has 0 bridgehead atoms. The fraction of sp³-hybridized carbons (Fsp3) is 0.400. The summed E-state index contributed by atoms with van der Waals surface area (Å²) in [5.74, 6) is 0.515. The van der Waals surface area contributed by atoms with Crippen molar-refractivity contribution < 1.29 is 0 Å². The van der Waals surface area contributed by atoms with Crippen LogP contribution in [-0.2, 0) is 0 Å². The maximum absolute atomic E-state index is 5.68. The molecule has 12 heavy (non-hydrogen) atoms. The van der Waals surface area contributed by atoms with E-state index < -0.39 is 0 Å². The summed E-state index contributed by atoms with van der Waals surface area (Å²) in [5.41, 5.74) is 5.68. The molecule has 2 heteroatoms. The van der Waals surface area contributed by atoms with Gasteiger partial charge in [-0.05, 0) is 24.8 Å². The topological polar surface area (TPSA) is 26.0 Å². The highest BCUT2D eigenvalue weighted by Gasteiger charge is 2.07. The second kappa shape index (κ2) is 5.12. The summed E-state index contributed by atoms with van der Waals surface area (Å²) in [5, 5.41) is 2.10. The van der Waals surface area contributed by atoms with E-state index in [9.17, 15) is 0 Å². The number of thiophene rings is 1. The molecule has 66 valence electrons. The molecule has 1 aromatic rings. The Morgan fingerprint density at radius 3 is 3.00 bits per heavy atom. The first-order valence-corrected chi connectivity index (χ1v) is 5.11. The summed E-state index contributed by atoms with van der Waals surface area (Å²) >= 11 is 1.79. The molecule has 0 radical (unpaired) electrons. The third kappa shape index (κ3) is 2.47. The van der Waals surface area contributed by atoms with Crippen LogP contribution in [0.1, 0.15) is 24.1 Å². The number of rotatable bonds is 4. The Morgan fingerprint density at radius 2 is 2.50 bits per heavy atom. The van der Waals surface area contributed by atoms with Crippen molar-refractivity contribution in [2.75, 3.05) is 6.54 Å². The van der Waals surface area contributed by atoms with E-state index in [1.165, 1.54) is 4.88 Å². The molecule has 1 rings (SSSR count). The molecule has 1 aromatic heterocycles. The average molecular weight is 181 g/mol. The van der Waals surface area contributed by atoms with Crippen molar-refractivity contribution in [3.05, 3.63) is 34.5 Å². The van der Waals surface area contributed by atoms with E-state index in [0.29, 0.717) is 5.92 Å².